The quantitative estimate of drug-likeness (QED) is 0.681. The van der Waals surface area contributed by atoms with Crippen molar-refractivity contribution in [3.63, 3.8) is 0 Å². The van der Waals surface area contributed by atoms with Crippen LogP contribution in [0.5, 0.6) is 0 Å². The van der Waals surface area contributed by atoms with Crippen LogP contribution in [0.1, 0.15) is 26.2 Å². The van der Waals surface area contributed by atoms with Crippen LogP contribution in [-0.4, -0.2) is 61.5 Å². The molecule has 0 amide bonds. The van der Waals surface area contributed by atoms with Gasteiger partial charge in [0, 0.05) is 26.2 Å². The van der Waals surface area contributed by atoms with Crippen LogP contribution in [0.4, 0.5) is 0 Å². The Morgan fingerprint density at radius 2 is 2.18 bits per heavy atom. The van der Waals surface area contributed by atoms with Gasteiger partial charge in [-0.1, -0.05) is 0 Å². The highest BCUT2D eigenvalue weighted by Gasteiger charge is 2.35. The summed E-state index contributed by atoms with van der Waals surface area (Å²) in [5.74, 6) is 0.670. The molecule has 0 aromatic heterocycles. The summed E-state index contributed by atoms with van der Waals surface area (Å²) < 4.78 is 5.21. The minimum absolute atomic E-state index is 0.136. The number of ether oxygens (including phenoxy) is 1. The van der Waals surface area contributed by atoms with E-state index in [0.29, 0.717) is 12.0 Å². The predicted octanol–water partition coefficient (Wildman–Crippen LogP) is 0.458. The fourth-order valence-electron chi connectivity index (χ4n) is 2.78. The molecule has 1 saturated carbocycles. The standard InChI is InChI=1S/C13H26N2O2/c1-13(10-16,14-12-3-4-12)9-15-6-5-11(7-15)8-17-2/h11-12,14,16H,3-10H2,1-2H3. The minimum atomic E-state index is -0.136. The summed E-state index contributed by atoms with van der Waals surface area (Å²) in [6.45, 7) is 6.40. The maximum Gasteiger partial charge on any atom is 0.0623 e. The molecule has 2 unspecified atom stereocenters. The van der Waals surface area contributed by atoms with Gasteiger partial charge in [-0.05, 0) is 38.6 Å². The second-order valence-electron chi connectivity index (χ2n) is 5.98. The van der Waals surface area contributed by atoms with Crippen molar-refractivity contribution in [2.45, 2.75) is 37.8 Å². The van der Waals surface area contributed by atoms with E-state index in [1.54, 1.807) is 7.11 Å². The van der Waals surface area contributed by atoms with Crippen molar-refractivity contribution < 1.29 is 9.84 Å². The Morgan fingerprint density at radius 3 is 2.76 bits per heavy atom. The van der Waals surface area contributed by atoms with E-state index in [0.717, 1.165) is 26.2 Å². The average molecular weight is 242 g/mol. The molecule has 1 saturated heterocycles. The van der Waals surface area contributed by atoms with Crippen molar-refractivity contribution in [2.75, 3.05) is 40.0 Å². The van der Waals surface area contributed by atoms with E-state index in [1.165, 1.54) is 19.3 Å². The van der Waals surface area contributed by atoms with Crippen molar-refractivity contribution >= 4 is 0 Å². The lowest BCUT2D eigenvalue weighted by Gasteiger charge is -2.33. The second-order valence-corrected chi connectivity index (χ2v) is 5.98. The molecule has 1 aliphatic carbocycles. The van der Waals surface area contributed by atoms with Gasteiger partial charge in [0.25, 0.3) is 0 Å². The summed E-state index contributed by atoms with van der Waals surface area (Å²) >= 11 is 0. The number of hydrogen-bond donors (Lipinski definition) is 2. The molecule has 0 bridgehead atoms. The van der Waals surface area contributed by atoms with E-state index in [-0.39, 0.29) is 12.1 Å². The first kappa shape index (κ1) is 13.3. The fourth-order valence-corrected chi connectivity index (χ4v) is 2.78. The number of aliphatic hydroxyl groups is 1. The molecular weight excluding hydrogens is 216 g/mol. The van der Waals surface area contributed by atoms with E-state index in [1.807, 2.05) is 0 Å². The molecule has 4 heteroatoms. The van der Waals surface area contributed by atoms with Crippen molar-refractivity contribution in [3.05, 3.63) is 0 Å². The molecule has 0 aromatic rings. The number of methoxy groups -OCH3 is 1. The highest BCUT2D eigenvalue weighted by molar-refractivity contribution is 4.95. The van der Waals surface area contributed by atoms with Crippen LogP contribution in [0.3, 0.4) is 0 Å². The SMILES string of the molecule is COCC1CCN(CC(C)(CO)NC2CC2)C1. The van der Waals surface area contributed by atoms with Gasteiger partial charge in [0.15, 0.2) is 0 Å². The third kappa shape index (κ3) is 3.91. The molecule has 0 aromatic carbocycles. The Labute approximate surface area is 104 Å². The zero-order valence-electron chi connectivity index (χ0n) is 11.1. The molecule has 1 heterocycles. The first-order valence-corrected chi connectivity index (χ1v) is 6.75. The lowest BCUT2D eigenvalue weighted by molar-refractivity contribution is 0.119. The summed E-state index contributed by atoms with van der Waals surface area (Å²) in [4.78, 5) is 2.45. The van der Waals surface area contributed by atoms with E-state index >= 15 is 0 Å². The largest absolute Gasteiger partial charge is 0.394 e. The lowest BCUT2D eigenvalue weighted by Crippen LogP contribution is -2.54. The zero-order chi connectivity index (χ0) is 12.3. The van der Waals surface area contributed by atoms with Crippen molar-refractivity contribution in [3.8, 4) is 0 Å². The molecule has 100 valence electrons. The monoisotopic (exact) mass is 242 g/mol. The van der Waals surface area contributed by atoms with Crippen LogP contribution in [-0.2, 0) is 4.74 Å². The number of nitrogens with zero attached hydrogens (tertiary/aromatic N) is 1. The normalized spacial score (nSPS) is 29.5. The molecule has 2 fully saturated rings. The highest BCUT2D eigenvalue weighted by Crippen LogP contribution is 2.24. The van der Waals surface area contributed by atoms with Crippen LogP contribution < -0.4 is 5.32 Å². The van der Waals surface area contributed by atoms with Crippen LogP contribution in [0.25, 0.3) is 0 Å². The molecule has 2 aliphatic rings. The molecule has 0 spiro atoms. The van der Waals surface area contributed by atoms with Gasteiger partial charge >= 0.3 is 0 Å². The number of nitrogens with one attached hydrogen (secondary N) is 1. The van der Waals surface area contributed by atoms with E-state index in [4.69, 9.17) is 4.74 Å². The van der Waals surface area contributed by atoms with Gasteiger partial charge in [-0.2, -0.15) is 0 Å². The third-order valence-electron chi connectivity index (χ3n) is 3.82. The average Bonchev–Trinajstić information content (AvgIpc) is 2.99. The first-order chi connectivity index (χ1) is 8.15. The van der Waals surface area contributed by atoms with Crippen LogP contribution in [0.15, 0.2) is 0 Å². The number of rotatable bonds is 7. The molecule has 17 heavy (non-hydrogen) atoms. The fraction of sp³-hybridized carbons (Fsp3) is 1.00. The summed E-state index contributed by atoms with van der Waals surface area (Å²) in [5.41, 5.74) is -0.136. The first-order valence-electron chi connectivity index (χ1n) is 6.75. The predicted molar refractivity (Wildman–Crippen MR) is 68.1 cm³/mol. The molecule has 2 N–H and O–H groups in total. The minimum Gasteiger partial charge on any atom is -0.394 e. The van der Waals surface area contributed by atoms with Crippen LogP contribution >= 0.6 is 0 Å². The third-order valence-corrected chi connectivity index (χ3v) is 3.82. The van der Waals surface area contributed by atoms with Crippen molar-refractivity contribution in [1.82, 2.24) is 10.2 Å². The smallest absolute Gasteiger partial charge is 0.0623 e. The lowest BCUT2D eigenvalue weighted by atomic mass is 10.0. The van der Waals surface area contributed by atoms with Gasteiger partial charge in [-0.15, -0.1) is 0 Å². The zero-order valence-corrected chi connectivity index (χ0v) is 11.1. The van der Waals surface area contributed by atoms with Gasteiger partial charge in [0.1, 0.15) is 0 Å². The molecule has 4 nitrogen and oxygen atoms in total. The molecule has 2 rings (SSSR count). The summed E-state index contributed by atoms with van der Waals surface area (Å²) in [6, 6.07) is 0.643. The van der Waals surface area contributed by atoms with Crippen LogP contribution in [0, 0.1) is 5.92 Å². The Kier molecular flexibility index (Phi) is 4.42. The Balaban J connectivity index is 1.78. The summed E-state index contributed by atoms with van der Waals surface area (Å²) in [6.07, 6.45) is 3.75. The van der Waals surface area contributed by atoms with Gasteiger partial charge in [-0.3, -0.25) is 0 Å². The molecule has 1 aliphatic heterocycles. The Bertz CT molecular complexity index is 246. The van der Waals surface area contributed by atoms with Crippen molar-refractivity contribution in [2.24, 2.45) is 5.92 Å². The topological polar surface area (TPSA) is 44.7 Å². The van der Waals surface area contributed by atoms with Gasteiger partial charge in [0.05, 0.1) is 18.8 Å². The Morgan fingerprint density at radius 1 is 1.41 bits per heavy atom. The maximum atomic E-state index is 9.58. The van der Waals surface area contributed by atoms with E-state index in [9.17, 15) is 5.11 Å². The van der Waals surface area contributed by atoms with Crippen LogP contribution in [0.2, 0.25) is 0 Å². The number of likely N-dealkylation sites (tertiary alicyclic amines) is 1. The highest BCUT2D eigenvalue weighted by atomic mass is 16.5. The maximum absolute atomic E-state index is 9.58. The second kappa shape index (κ2) is 5.65. The van der Waals surface area contributed by atoms with Crippen molar-refractivity contribution in [1.29, 1.82) is 0 Å². The van der Waals surface area contributed by atoms with E-state index in [2.05, 4.69) is 17.1 Å². The molecule has 2 atom stereocenters. The Hall–Kier alpha value is -0.160. The van der Waals surface area contributed by atoms with Gasteiger partial charge < -0.3 is 20.1 Å². The molecular formula is C13H26N2O2. The molecule has 0 radical (unpaired) electrons. The summed E-state index contributed by atoms with van der Waals surface area (Å²) in [7, 11) is 1.77. The summed E-state index contributed by atoms with van der Waals surface area (Å²) in [5, 5.41) is 13.1. The van der Waals surface area contributed by atoms with Gasteiger partial charge in [0.2, 0.25) is 0 Å². The van der Waals surface area contributed by atoms with Gasteiger partial charge in [-0.25, -0.2) is 0 Å². The number of aliphatic hydroxyl groups excluding tert-OH is 1. The van der Waals surface area contributed by atoms with E-state index < -0.39 is 0 Å². The number of hydrogen-bond acceptors (Lipinski definition) is 4.